The third-order valence-electron chi connectivity index (χ3n) is 7.14. The van der Waals surface area contributed by atoms with Crippen molar-refractivity contribution in [3.05, 3.63) is 24.3 Å². The van der Waals surface area contributed by atoms with Crippen molar-refractivity contribution in [3.63, 3.8) is 0 Å². The van der Waals surface area contributed by atoms with Crippen LogP contribution in [0.3, 0.4) is 0 Å². The Morgan fingerprint density at radius 3 is 2.63 bits per heavy atom. The van der Waals surface area contributed by atoms with Crippen molar-refractivity contribution in [1.29, 1.82) is 0 Å². The maximum absolute atomic E-state index is 13.0. The van der Waals surface area contributed by atoms with Crippen molar-refractivity contribution in [2.24, 2.45) is 0 Å². The number of aromatic nitrogens is 2. The van der Waals surface area contributed by atoms with Crippen LogP contribution >= 0.6 is 11.8 Å². The molecule has 162 valence electrons. The van der Waals surface area contributed by atoms with Crippen LogP contribution in [0.4, 0.5) is 5.82 Å². The van der Waals surface area contributed by atoms with Gasteiger partial charge in [-0.15, -0.1) is 11.8 Å². The van der Waals surface area contributed by atoms with Crippen LogP contribution in [-0.2, 0) is 4.79 Å². The first kappa shape index (κ1) is 20.2. The van der Waals surface area contributed by atoms with Gasteiger partial charge in [-0.1, -0.05) is 25.0 Å². The predicted octanol–water partition coefficient (Wildman–Crippen LogP) is 3.70. The molecule has 1 aromatic carbocycles. The number of fused-ring (bicyclic) bond motifs is 1. The van der Waals surface area contributed by atoms with E-state index in [4.69, 9.17) is 0 Å². The van der Waals surface area contributed by atoms with Gasteiger partial charge < -0.3 is 9.80 Å². The Kier molecular flexibility index (Phi) is 5.67. The number of carbonyl (C=O) groups is 1. The molecule has 0 radical (unpaired) electrons. The molecule has 1 atom stereocenters. The Morgan fingerprint density at radius 1 is 1.10 bits per heavy atom. The quantitative estimate of drug-likeness (QED) is 0.713. The van der Waals surface area contributed by atoms with Crippen molar-refractivity contribution in [2.45, 2.75) is 55.6 Å². The first-order valence-electron chi connectivity index (χ1n) is 11.6. The van der Waals surface area contributed by atoms with Crippen LogP contribution in [0, 0.1) is 0 Å². The van der Waals surface area contributed by atoms with Gasteiger partial charge in [0, 0.05) is 38.1 Å². The molecule has 1 saturated carbocycles. The largest absolute Gasteiger partial charge is 0.352 e. The van der Waals surface area contributed by atoms with Crippen LogP contribution in [0.5, 0.6) is 0 Å². The number of nitrogens with zero attached hydrogens (tertiary/aromatic N) is 4. The van der Waals surface area contributed by atoms with Gasteiger partial charge in [-0.3, -0.25) is 14.8 Å². The highest BCUT2D eigenvalue weighted by atomic mass is 32.2. The monoisotopic (exact) mass is 427 g/mol. The Bertz CT molecular complexity index is 885. The van der Waals surface area contributed by atoms with E-state index in [9.17, 15) is 4.79 Å². The van der Waals surface area contributed by atoms with Crippen molar-refractivity contribution >= 4 is 34.4 Å². The molecule has 6 nitrogen and oxygen atoms in total. The molecule has 1 N–H and O–H groups in total. The number of para-hydroxylation sites is 1. The lowest BCUT2D eigenvalue weighted by Gasteiger charge is -2.35. The van der Waals surface area contributed by atoms with Crippen LogP contribution in [-0.4, -0.2) is 75.3 Å². The average Bonchev–Trinajstić information content (AvgIpc) is 3.46. The molecule has 3 aliphatic rings. The Hall–Kier alpha value is -1.73. The second-order valence-electron chi connectivity index (χ2n) is 9.05. The molecule has 3 heterocycles. The molecular formula is C23H33N5OS. The van der Waals surface area contributed by atoms with E-state index in [0.717, 1.165) is 69.9 Å². The standard InChI is InChI=1S/C23H33N5OS/c1-18-28(22(29)23(30-18)10-4-5-11-23)13-7-6-12-26-14-16-27(17-15-26)21-19-8-2-3-9-20(19)24-25-21/h2-3,8-9,18H,4-7,10-17H2,1H3,(H,24,25). The van der Waals surface area contributed by atoms with Crippen LogP contribution in [0.25, 0.3) is 10.9 Å². The van der Waals surface area contributed by atoms with Crippen molar-refractivity contribution in [3.8, 4) is 0 Å². The SMILES string of the molecule is CC1SC2(CCCC2)C(=O)N1CCCCN1CCN(c2n[nH]c3ccccc23)CC1. The number of rotatable bonds is 6. The van der Waals surface area contributed by atoms with Gasteiger partial charge in [0.15, 0.2) is 5.82 Å². The summed E-state index contributed by atoms with van der Waals surface area (Å²) in [6, 6.07) is 8.36. The average molecular weight is 428 g/mol. The molecular weight excluding hydrogens is 394 g/mol. The van der Waals surface area contributed by atoms with E-state index < -0.39 is 0 Å². The molecule has 30 heavy (non-hydrogen) atoms. The van der Waals surface area contributed by atoms with E-state index in [2.05, 4.69) is 50.0 Å². The van der Waals surface area contributed by atoms with Crippen LogP contribution < -0.4 is 4.90 Å². The molecule has 3 fully saturated rings. The number of piperazine rings is 1. The first-order chi connectivity index (χ1) is 14.7. The van der Waals surface area contributed by atoms with Gasteiger partial charge in [0.1, 0.15) is 0 Å². The maximum Gasteiger partial charge on any atom is 0.239 e. The van der Waals surface area contributed by atoms with Gasteiger partial charge >= 0.3 is 0 Å². The minimum absolute atomic E-state index is 0.0633. The number of amides is 1. The topological polar surface area (TPSA) is 55.5 Å². The number of aromatic amines is 1. The number of nitrogens with one attached hydrogen (secondary N) is 1. The highest BCUT2D eigenvalue weighted by Crippen LogP contribution is 2.50. The Labute approximate surface area is 183 Å². The lowest BCUT2D eigenvalue weighted by Crippen LogP contribution is -2.47. The Morgan fingerprint density at radius 2 is 1.83 bits per heavy atom. The van der Waals surface area contributed by atoms with Crippen LogP contribution in [0.1, 0.15) is 45.4 Å². The summed E-state index contributed by atoms with van der Waals surface area (Å²) in [7, 11) is 0. The van der Waals surface area contributed by atoms with Gasteiger partial charge in [0.2, 0.25) is 5.91 Å². The van der Waals surface area contributed by atoms with Gasteiger partial charge in [0.05, 0.1) is 15.6 Å². The number of benzene rings is 1. The number of hydrogen-bond donors (Lipinski definition) is 1. The molecule has 1 spiro atoms. The van der Waals surface area contributed by atoms with E-state index in [-0.39, 0.29) is 4.75 Å². The first-order valence-corrected chi connectivity index (χ1v) is 12.4. The zero-order chi connectivity index (χ0) is 20.6. The predicted molar refractivity (Wildman–Crippen MR) is 124 cm³/mol. The normalized spacial score (nSPS) is 24.6. The lowest BCUT2D eigenvalue weighted by molar-refractivity contribution is -0.132. The van der Waals surface area contributed by atoms with E-state index >= 15 is 0 Å². The summed E-state index contributed by atoms with van der Waals surface area (Å²) in [5, 5.41) is 9.27. The zero-order valence-corrected chi connectivity index (χ0v) is 18.8. The molecule has 2 aliphatic heterocycles. The molecule has 2 aromatic rings. The third kappa shape index (κ3) is 3.71. The molecule has 1 amide bonds. The molecule has 1 unspecified atom stereocenters. The van der Waals surface area contributed by atoms with Crippen LogP contribution in [0.15, 0.2) is 24.3 Å². The van der Waals surface area contributed by atoms with E-state index in [1.807, 2.05) is 17.8 Å². The zero-order valence-electron chi connectivity index (χ0n) is 18.0. The number of H-pyrrole nitrogens is 1. The highest BCUT2D eigenvalue weighted by Gasteiger charge is 2.51. The van der Waals surface area contributed by atoms with Crippen molar-refractivity contribution in [2.75, 3.05) is 44.2 Å². The highest BCUT2D eigenvalue weighted by molar-refractivity contribution is 8.02. The minimum Gasteiger partial charge on any atom is -0.352 e. The molecule has 1 aromatic heterocycles. The van der Waals surface area contributed by atoms with Gasteiger partial charge in [-0.2, -0.15) is 5.10 Å². The summed E-state index contributed by atoms with van der Waals surface area (Å²) in [5.74, 6) is 1.52. The number of hydrogen-bond acceptors (Lipinski definition) is 5. The van der Waals surface area contributed by atoms with Crippen molar-refractivity contribution in [1.82, 2.24) is 20.0 Å². The number of carbonyl (C=O) groups excluding carboxylic acids is 1. The fourth-order valence-corrected chi connectivity index (χ4v) is 7.14. The van der Waals surface area contributed by atoms with E-state index in [1.165, 1.54) is 24.6 Å². The lowest BCUT2D eigenvalue weighted by atomic mass is 10.1. The number of thioether (sulfide) groups is 1. The van der Waals surface area contributed by atoms with Gasteiger partial charge in [-0.05, 0) is 51.3 Å². The van der Waals surface area contributed by atoms with Crippen molar-refractivity contribution < 1.29 is 4.79 Å². The fraction of sp³-hybridized carbons (Fsp3) is 0.652. The van der Waals surface area contributed by atoms with E-state index in [0.29, 0.717) is 11.3 Å². The fourth-order valence-electron chi connectivity index (χ4n) is 5.42. The summed E-state index contributed by atoms with van der Waals surface area (Å²) in [5.41, 5.74) is 1.11. The molecule has 7 heteroatoms. The molecule has 2 saturated heterocycles. The Balaban J connectivity index is 1.06. The summed E-state index contributed by atoms with van der Waals surface area (Å²) < 4.78 is -0.0633. The van der Waals surface area contributed by atoms with Gasteiger partial charge in [-0.25, -0.2) is 0 Å². The maximum atomic E-state index is 13.0. The summed E-state index contributed by atoms with van der Waals surface area (Å²) in [4.78, 5) is 20.1. The number of anilines is 1. The molecule has 5 rings (SSSR count). The second kappa shape index (κ2) is 8.42. The molecule has 1 aliphatic carbocycles. The third-order valence-corrected chi connectivity index (χ3v) is 8.77. The second-order valence-corrected chi connectivity index (χ2v) is 10.7. The summed E-state index contributed by atoms with van der Waals surface area (Å²) in [6.07, 6.45) is 6.90. The van der Waals surface area contributed by atoms with Gasteiger partial charge in [0.25, 0.3) is 0 Å². The number of unbranched alkanes of at least 4 members (excludes halogenated alkanes) is 1. The molecule has 0 bridgehead atoms. The summed E-state index contributed by atoms with van der Waals surface area (Å²) >= 11 is 1.93. The smallest absolute Gasteiger partial charge is 0.239 e. The summed E-state index contributed by atoms with van der Waals surface area (Å²) in [6.45, 7) is 8.48. The minimum atomic E-state index is -0.0633. The van der Waals surface area contributed by atoms with E-state index in [1.54, 1.807) is 0 Å². The van der Waals surface area contributed by atoms with Crippen LogP contribution in [0.2, 0.25) is 0 Å².